The van der Waals surface area contributed by atoms with Gasteiger partial charge in [-0.05, 0) is 16.0 Å². The number of hydrogen-bond acceptors (Lipinski definition) is 10. The molecule has 1 saturated heterocycles. The van der Waals surface area contributed by atoms with Gasteiger partial charge in [-0.1, -0.05) is 46.6 Å². The fraction of sp³-hybridized carbons (Fsp3) is 0.500. The summed E-state index contributed by atoms with van der Waals surface area (Å²) in [6.07, 6.45) is -0.932. The molecule has 2 aliphatic rings. The number of carbonyl (C=O) groups excluding carboxylic acids is 3. The predicted molar refractivity (Wildman–Crippen MR) is 114 cm³/mol. The van der Waals surface area contributed by atoms with Crippen LogP contribution in [0.4, 0.5) is 4.79 Å². The fourth-order valence-corrected chi connectivity index (χ4v) is 5.53. The summed E-state index contributed by atoms with van der Waals surface area (Å²) in [5, 5.41) is 24.8. The van der Waals surface area contributed by atoms with Crippen LogP contribution in [0.2, 0.25) is 0 Å². The maximum atomic E-state index is 13.0. The number of aryl methyl sites for hydroxylation is 1. The highest BCUT2D eigenvalue weighted by Gasteiger charge is 2.66. The Labute approximate surface area is 203 Å². The van der Waals surface area contributed by atoms with Gasteiger partial charge in [-0.25, -0.2) is 14.3 Å². The number of β-lactam (4-membered cyclic amide) rings is 1. The number of fused-ring (bicyclic) bond motifs is 1. The van der Waals surface area contributed by atoms with Gasteiger partial charge in [0.1, 0.15) is 17.7 Å². The molecular weight excluding hydrogens is 533 g/mol. The molecule has 0 unspecified atom stereocenters. The van der Waals surface area contributed by atoms with Gasteiger partial charge in [-0.15, -0.1) is 16.9 Å². The van der Waals surface area contributed by atoms with Crippen molar-refractivity contribution < 1.29 is 29.0 Å². The van der Waals surface area contributed by atoms with Gasteiger partial charge in [0.05, 0.1) is 0 Å². The predicted octanol–water partition coefficient (Wildman–Crippen LogP) is 0.0947. The van der Waals surface area contributed by atoms with Crippen molar-refractivity contribution in [2.24, 2.45) is 7.05 Å². The van der Waals surface area contributed by atoms with Gasteiger partial charge in [-0.3, -0.25) is 19.8 Å². The van der Waals surface area contributed by atoms with E-state index in [0.29, 0.717) is 10.7 Å². The Morgan fingerprint density at radius 2 is 2.19 bits per heavy atom. The normalized spacial score (nSPS) is 22.7. The maximum Gasteiger partial charge on any atom is 0.409 e. The molecule has 1 aromatic rings. The zero-order valence-electron chi connectivity index (χ0n) is 16.0. The number of alkyl carbamates (subject to hydrolysis) is 1. The summed E-state index contributed by atoms with van der Waals surface area (Å²) in [5.74, 6) is -1.81. The number of nitrogens with zero attached hydrogens (tertiary/aromatic N) is 5. The average Bonchev–Trinajstić information content (AvgIpc) is 3.13. The topological polar surface area (TPSA) is 169 Å². The Kier molecular flexibility index (Phi) is 7.34. The molecule has 2 aliphatic heterocycles. The molecule has 1 aromatic heterocycles. The van der Waals surface area contributed by atoms with Crippen LogP contribution in [-0.2, 0) is 26.2 Å². The van der Waals surface area contributed by atoms with Crippen LogP contribution in [0.3, 0.4) is 0 Å². The monoisotopic (exact) mass is 545 g/mol. The van der Waals surface area contributed by atoms with Gasteiger partial charge < -0.3 is 15.2 Å². The van der Waals surface area contributed by atoms with Crippen molar-refractivity contribution in [3.05, 3.63) is 11.3 Å². The van der Waals surface area contributed by atoms with Crippen molar-refractivity contribution in [1.82, 2.24) is 35.7 Å². The number of aromatic nitrogens is 4. The second-order valence-corrected chi connectivity index (χ2v) is 10.9. The molecule has 2 atom stereocenters. The van der Waals surface area contributed by atoms with Gasteiger partial charge in [0.15, 0.2) is 0 Å². The van der Waals surface area contributed by atoms with E-state index in [2.05, 4.69) is 26.2 Å². The van der Waals surface area contributed by atoms with Crippen LogP contribution < -0.4 is 10.6 Å². The van der Waals surface area contributed by atoms with Crippen molar-refractivity contribution in [1.29, 1.82) is 0 Å². The highest BCUT2D eigenvalue weighted by atomic mass is 35.6. The van der Waals surface area contributed by atoms with E-state index in [1.807, 2.05) is 0 Å². The minimum absolute atomic E-state index is 0.196. The van der Waals surface area contributed by atoms with E-state index in [4.69, 9.17) is 39.5 Å². The number of carbonyl (C=O) groups is 4. The van der Waals surface area contributed by atoms with Gasteiger partial charge in [-0.2, -0.15) is 0 Å². The molecule has 0 radical (unpaired) electrons. The number of aliphatic carboxylic acids is 1. The smallest absolute Gasteiger partial charge is 0.409 e. The van der Waals surface area contributed by atoms with Crippen molar-refractivity contribution in [2.45, 2.75) is 20.0 Å². The first-order chi connectivity index (χ1) is 15.0. The second-order valence-electron chi connectivity index (χ2n) is 6.36. The number of alkyl halides is 3. The van der Waals surface area contributed by atoms with Crippen molar-refractivity contribution in [2.75, 3.05) is 18.1 Å². The van der Waals surface area contributed by atoms with Crippen molar-refractivity contribution >= 4 is 82.7 Å². The number of rotatable bonds is 8. The summed E-state index contributed by atoms with van der Waals surface area (Å²) in [7, 11) is 1.63. The van der Waals surface area contributed by atoms with Crippen LogP contribution in [0.25, 0.3) is 0 Å². The number of nitrogens with one attached hydrogen (secondary N) is 2. The molecule has 13 nitrogen and oxygen atoms in total. The van der Waals surface area contributed by atoms with Crippen LogP contribution in [0, 0.1) is 0 Å². The number of thioether (sulfide) groups is 2. The number of amides is 3. The molecule has 18 heteroatoms. The molecule has 1 fully saturated rings. The Bertz CT molecular complexity index is 986. The number of halogens is 3. The molecule has 0 spiro atoms. The lowest BCUT2D eigenvalue weighted by Crippen LogP contribution is -2.85. The van der Waals surface area contributed by atoms with Gasteiger partial charge >= 0.3 is 12.1 Å². The summed E-state index contributed by atoms with van der Waals surface area (Å²) in [6.45, 7) is -0.616. The third-order valence-corrected chi connectivity index (χ3v) is 7.08. The Hall–Kier alpha value is -1.94. The van der Waals surface area contributed by atoms with Crippen LogP contribution in [0.15, 0.2) is 16.4 Å². The molecular formula is C14H14Cl3N7O6S2. The summed E-state index contributed by atoms with van der Waals surface area (Å²) >= 11 is 18.9. The number of hydrogen-bond donors (Lipinski definition) is 3. The molecule has 3 amide bonds. The van der Waals surface area contributed by atoms with Crippen molar-refractivity contribution in [3.8, 4) is 0 Å². The third kappa shape index (κ3) is 4.85. The summed E-state index contributed by atoms with van der Waals surface area (Å²) in [4.78, 5) is 49.3. The number of carboxylic acid groups (broad SMARTS) is 1. The van der Waals surface area contributed by atoms with E-state index in [1.165, 1.54) is 16.4 Å². The van der Waals surface area contributed by atoms with Crippen molar-refractivity contribution in [3.63, 3.8) is 0 Å². The van der Waals surface area contributed by atoms with Gasteiger partial charge in [0.25, 0.3) is 5.91 Å². The highest BCUT2D eigenvalue weighted by Crippen LogP contribution is 2.45. The van der Waals surface area contributed by atoms with E-state index in [-0.39, 0.29) is 23.6 Å². The Balaban J connectivity index is 1.81. The maximum absolute atomic E-state index is 13.0. The third-order valence-electron chi connectivity index (χ3n) is 4.26. The van der Waals surface area contributed by atoms with E-state index < -0.39 is 39.4 Å². The lowest BCUT2D eigenvalue weighted by atomic mass is 9.95. The first-order valence-electron chi connectivity index (χ1n) is 8.49. The SMILES string of the molecule is Cn1nnnc1SCC1=C(C(=O)O)N2C(=O)[C@@](NC=O)(NC(=O)OCC(Cl)(Cl)Cl)[C@@H]2SC1. The second kappa shape index (κ2) is 9.51. The molecule has 174 valence electrons. The molecule has 32 heavy (non-hydrogen) atoms. The Morgan fingerprint density at radius 1 is 1.47 bits per heavy atom. The molecule has 3 rings (SSSR count). The fourth-order valence-electron chi connectivity index (χ4n) is 2.95. The zero-order valence-corrected chi connectivity index (χ0v) is 19.9. The van der Waals surface area contributed by atoms with Gasteiger partial charge in [0, 0.05) is 18.6 Å². The van der Waals surface area contributed by atoms with Crippen LogP contribution in [0.1, 0.15) is 0 Å². The lowest BCUT2D eigenvalue weighted by Gasteiger charge is -2.56. The summed E-state index contributed by atoms with van der Waals surface area (Å²) < 4.78 is 4.30. The molecule has 0 aliphatic carbocycles. The van der Waals surface area contributed by atoms with E-state index in [0.717, 1.165) is 16.7 Å². The lowest BCUT2D eigenvalue weighted by molar-refractivity contribution is -0.160. The molecule has 3 heterocycles. The van der Waals surface area contributed by atoms with E-state index >= 15 is 0 Å². The largest absolute Gasteiger partial charge is 0.477 e. The number of ether oxygens (including phenoxy) is 1. The highest BCUT2D eigenvalue weighted by molar-refractivity contribution is 8.01. The summed E-state index contributed by atoms with van der Waals surface area (Å²) in [5.41, 5.74) is -1.73. The summed E-state index contributed by atoms with van der Waals surface area (Å²) in [6, 6.07) is 0. The first-order valence-corrected chi connectivity index (χ1v) is 11.7. The zero-order chi connectivity index (χ0) is 23.7. The van der Waals surface area contributed by atoms with Crippen LogP contribution >= 0.6 is 58.3 Å². The standard InChI is InChI=1S/C14H14Cl3N7O6S2/c1-23-11(20-21-22-23)32-3-6-2-31-10-14(18-5-25,9(28)24(10)7(6)8(26)27)19-12(29)30-4-13(15,16)17/h5,10H,2-4H2,1H3,(H,18,25)(H,19,29)(H,26,27)/t10-,14+/m0/s1. The molecule has 0 aromatic carbocycles. The number of carboxylic acids is 1. The van der Waals surface area contributed by atoms with E-state index in [1.54, 1.807) is 7.05 Å². The average molecular weight is 547 g/mol. The van der Waals surface area contributed by atoms with Crippen LogP contribution in [0.5, 0.6) is 0 Å². The minimum Gasteiger partial charge on any atom is -0.477 e. The first kappa shape index (κ1) is 24.7. The number of tetrazole rings is 1. The molecule has 0 bridgehead atoms. The minimum atomic E-state index is -1.93. The van der Waals surface area contributed by atoms with Crippen LogP contribution in [-0.4, -0.2) is 87.5 Å². The Morgan fingerprint density at radius 3 is 2.75 bits per heavy atom. The molecule has 0 saturated carbocycles. The molecule has 3 N–H and O–H groups in total. The van der Waals surface area contributed by atoms with Gasteiger partial charge in [0.2, 0.25) is 21.0 Å². The quantitative estimate of drug-likeness (QED) is 0.133. The van der Waals surface area contributed by atoms with E-state index in [9.17, 15) is 24.3 Å².